The highest BCUT2D eigenvalue weighted by atomic mass is 16.6. The minimum absolute atomic E-state index is 0.0756. The van der Waals surface area contributed by atoms with Crippen LogP contribution < -0.4 is 9.47 Å². The molecule has 7 aliphatic rings. The molecule has 0 amide bonds. The zero-order valence-electron chi connectivity index (χ0n) is 22.2. The van der Waals surface area contributed by atoms with E-state index in [4.69, 9.17) is 14.2 Å². The molecule has 2 heterocycles. The van der Waals surface area contributed by atoms with Crippen LogP contribution in [0.3, 0.4) is 0 Å². The average molecular weight is 480 g/mol. The van der Waals surface area contributed by atoms with Gasteiger partial charge in [0, 0.05) is 36.6 Å². The summed E-state index contributed by atoms with van der Waals surface area (Å²) >= 11 is 0. The Morgan fingerprint density at radius 1 is 1.14 bits per heavy atom. The molecule has 7 atom stereocenters. The summed E-state index contributed by atoms with van der Waals surface area (Å²) in [5, 5.41) is 12.2. The summed E-state index contributed by atoms with van der Waals surface area (Å²) in [5.74, 6) is 2.53. The average Bonchev–Trinajstić information content (AvgIpc) is 3.56. The summed E-state index contributed by atoms with van der Waals surface area (Å²) < 4.78 is 19.5. The Hall–Kier alpha value is -1.56. The van der Waals surface area contributed by atoms with Gasteiger partial charge in [-0.1, -0.05) is 39.0 Å². The van der Waals surface area contributed by atoms with Crippen LogP contribution in [0.4, 0.5) is 0 Å². The second-order valence-electron chi connectivity index (χ2n) is 13.6. The Bertz CT molecular complexity index is 1120. The van der Waals surface area contributed by atoms with Crippen molar-refractivity contribution in [1.82, 2.24) is 4.90 Å². The van der Waals surface area contributed by atoms with Crippen molar-refractivity contribution in [2.45, 2.75) is 88.6 Å². The molecule has 4 bridgehead atoms. The molecule has 8 rings (SSSR count). The predicted molar refractivity (Wildman–Crippen MR) is 135 cm³/mol. The predicted octanol–water partition coefficient (Wildman–Crippen LogP) is 4.49. The summed E-state index contributed by atoms with van der Waals surface area (Å²) in [6, 6.07) is 4.80. The van der Waals surface area contributed by atoms with Crippen LogP contribution in [0.1, 0.15) is 64.5 Å². The van der Waals surface area contributed by atoms with Crippen molar-refractivity contribution in [3.8, 4) is 11.5 Å². The first-order chi connectivity index (χ1) is 16.6. The summed E-state index contributed by atoms with van der Waals surface area (Å²) in [5.41, 5.74) is 0.639. The van der Waals surface area contributed by atoms with E-state index in [-0.39, 0.29) is 28.3 Å². The van der Waals surface area contributed by atoms with Gasteiger partial charge in [0.05, 0.1) is 18.1 Å². The van der Waals surface area contributed by atoms with Crippen LogP contribution in [-0.2, 0) is 16.6 Å². The summed E-state index contributed by atoms with van der Waals surface area (Å²) in [4.78, 5) is 2.81. The van der Waals surface area contributed by atoms with Crippen molar-refractivity contribution in [2.24, 2.45) is 22.7 Å². The molecule has 2 saturated carbocycles. The topological polar surface area (TPSA) is 51.2 Å². The van der Waals surface area contributed by atoms with Gasteiger partial charge in [-0.15, -0.1) is 0 Å². The zero-order chi connectivity index (χ0) is 24.6. The van der Waals surface area contributed by atoms with E-state index in [9.17, 15) is 5.11 Å². The summed E-state index contributed by atoms with van der Waals surface area (Å²) in [6.07, 6.45) is 10.4. The van der Waals surface area contributed by atoms with Gasteiger partial charge < -0.3 is 19.3 Å². The minimum Gasteiger partial charge on any atom is -0.493 e. The van der Waals surface area contributed by atoms with Gasteiger partial charge in [0.15, 0.2) is 11.5 Å². The van der Waals surface area contributed by atoms with Crippen molar-refractivity contribution < 1.29 is 19.3 Å². The lowest BCUT2D eigenvalue weighted by Gasteiger charge is -2.73. The number of aliphatic hydroxyl groups is 1. The van der Waals surface area contributed by atoms with Gasteiger partial charge in [-0.05, 0) is 68.5 Å². The fraction of sp³-hybridized carbons (Fsp3) is 0.733. The number of hydrogen-bond acceptors (Lipinski definition) is 5. The second kappa shape index (κ2) is 6.65. The Morgan fingerprint density at radius 2 is 1.91 bits per heavy atom. The highest BCUT2D eigenvalue weighted by molar-refractivity contribution is 5.65. The van der Waals surface area contributed by atoms with Crippen molar-refractivity contribution in [2.75, 3.05) is 27.3 Å². The molecular formula is C30H41NO4. The van der Waals surface area contributed by atoms with Crippen molar-refractivity contribution in [3.05, 3.63) is 35.4 Å². The molecule has 3 fully saturated rings. The van der Waals surface area contributed by atoms with Crippen molar-refractivity contribution >= 4 is 0 Å². The van der Waals surface area contributed by atoms with Gasteiger partial charge >= 0.3 is 0 Å². The lowest BCUT2D eigenvalue weighted by atomic mass is 9.35. The van der Waals surface area contributed by atoms with Crippen LogP contribution in [0.25, 0.3) is 0 Å². The van der Waals surface area contributed by atoms with E-state index in [2.05, 4.69) is 50.0 Å². The Balaban J connectivity index is 1.49. The number of ether oxygens (including phenoxy) is 3. The molecule has 1 aromatic carbocycles. The molecule has 2 aliphatic heterocycles. The van der Waals surface area contributed by atoms with Gasteiger partial charge in [-0.3, -0.25) is 4.90 Å². The number of nitrogens with zero attached hydrogens (tertiary/aromatic N) is 1. The van der Waals surface area contributed by atoms with Crippen LogP contribution in [0.5, 0.6) is 11.5 Å². The van der Waals surface area contributed by atoms with E-state index in [1.54, 1.807) is 7.11 Å². The second-order valence-corrected chi connectivity index (χ2v) is 13.6. The van der Waals surface area contributed by atoms with Crippen LogP contribution in [0, 0.1) is 22.7 Å². The normalized spacial score (nSPS) is 42.4. The fourth-order valence-corrected chi connectivity index (χ4v) is 9.09. The molecule has 5 aliphatic carbocycles. The van der Waals surface area contributed by atoms with Gasteiger partial charge in [0.25, 0.3) is 0 Å². The quantitative estimate of drug-likeness (QED) is 0.631. The maximum atomic E-state index is 12.2. The van der Waals surface area contributed by atoms with E-state index >= 15 is 0 Å². The third-order valence-corrected chi connectivity index (χ3v) is 11.5. The van der Waals surface area contributed by atoms with Gasteiger partial charge in [-0.25, -0.2) is 0 Å². The third-order valence-electron chi connectivity index (χ3n) is 11.5. The summed E-state index contributed by atoms with van der Waals surface area (Å²) in [6.45, 7) is 10.8. The molecule has 2 spiro atoms. The summed E-state index contributed by atoms with van der Waals surface area (Å²) in [7, 11) is 3.56. The van der Waals surface area contributed by atoms with E-state index in [0.717, 1.165) is 43.2 Å². The van der Waals surface area contributed by atoms with Crippen molar-refractivity contribution in [3.63, 3.8) is 0 Å². The van der Waals surface area contributed by atoms with Crippen molar-refractivity contribution in [1.29, 1.82) is 0 Å². The molecule has 1 unspecified atom stereocenters. The molecule has 5 nitrogen and oxygen atoms in total. The van der Waals surface area contributed by atoms with Crippen LogP contribution in [0.2, 0.25) is 0 Å². The molecule has 5 heteroatoms. The Kier molecular flexibility index (Phi) is 4.30. The van der Waals surface area contributed by atoms with E-state index in [1.807, 2.05) is 14.0 Å². The highest BCUT2D eigenvalue weighted by Gasteiger charge is 2.81. The number of likely N-dealkylation sites (tertiary alicyclic amines) is 1. The van der Waals surface area contributed by atoms with E-state index < -0.39 is 11.2 Å². The molecule has 190 valence electrons. The number of piperidine rings is 1. The minimum atomic E-state index is -0.930. The first kappa shape index (κ1) is 22.6. The first-order valence-electron chi connectivity index (χ1n) is 13.6. The number of fused-ring (bicyclic) bond motifs is 1. The number of methoxy groups -OCH3 is 2. The Labute approximate surface area is 209 Å². The molecule has 1 saturated heterocycles. The van der Waals surface area contributed by atoms with Crippen LogP contribution in [-0.4, -0.2) is 60.7 Å². The number of benzene rings is 1. The SMILES string of the molecule is COc1ccc2c3c1O[C@@H]1C34CCN(CC3CC3)[C@H](C2)[C@]42C=C[C@@]1(OC)[C@@H]([C@](C)(O)C(C)(C)C)C2. The fourth-order valence-electron chi connectivity index (χ4n) is 9.09. The van der Waals surface area contributed by atoms with Gasteiger partial charge in [0.2, 0.25) is 0 Å². The smallest absolute Gasteiger partial charge is 0.166 e. The maximum absolute atomic E-state index is 12.2. The monoisotopic (exact) mass is 479 g/mol. The Morgan fingerprint density at radius 3 is 2.57 bits per heavy atom. The zero-order valence-corrected chi connectivity index (χ0v) is 22.2. The number of hydrogen-bond donors (Lipinski definition) is 1. The van der Waals surface area contributed by atoms with Gasteiger partial charge in [0.1, 0.15) is 11.7 Å². The first-order valence-corrected chi connectivity index (χ1v) is 13.6. The van der Waals surface area contributed by atoms with Crippen LogP contribution >= 0.6 is 0 Å². The largest absolute Gasteiger partial charge is 0.493 e. The molecule has 35 heavy (non-hydrogen) atoms. The standard InChI is InChI=1S/C30H41NO4/c1-26(2,3)27(4,32)21-16-28-11-12-30(21,34-6)25-29(28)13-14-31(17-18-7-8-18)22(28)15-19-9-10-20(33-5)24(35-25)23(19)29/h9-12,18,21-22,25,32H,7-8,13-17H2,1-6H3/t21-,22-,25-,27+,28-,29?,30-/m1/s1. The number of rotatable bonds is 5. The van der Waals surface area contributed by atoms with Gasteiger partial charge in [-0.2, -0.15) is 0 Å². The lowest BCUT2D eigenvalue weighted by molar-refractivity contribution is -0.263. The molecular weight excluding hydrogens is 438 g/mol. The highest BCUT2D eigenvalue weighted by Crippen LogP contribution is 2.76. The molecule has 1 aromatic rings. The third kappa shape index (κ3) is 2.42. The van der Waals surface area contributed by atoms with Crippen LogP contribution in [0.15, 0.2) is 24.3 Å². The van der Waals surface area contributed by atoms with E-state index in [0.29, 0.717) is 6.04 Å². The van der Waals surface area contributed by atoms with E-state index in [1.165, 1.54) is 30.5 Å². The lowest BCUT2D eigenvalue weighted by Crippen LogP contribution is -2.81. The molecule has 0 aromatic heterocycles. The maximum Gasteiger partial charge on any atom is 0.166 e. The molecule has 1 N–H and O–H groups in total. The molecule has 0 radical (unpaired) electrons.